The number of piperazine rings is 1. The molecule has 1 aromatic heterocycles. The summed E-state index contributed by atoms with van der Waals surface area (Å²) in [5.41, 5.74) is 1.43. The molecule has 2 N–H and O–H groups in total. The van der Waals surface area contributed by atoms with Gasteiger partial charge in [-0.05, 0) is 31.2 Å². The number of nitrogens with one attached hydrogen (secondary N) is 2. The number of hydrogen-bond acceptors (Lipinski definition) is 5. The SMILES string of the molecule is C[C@@H]1CN(c2cc(F)cc(F)c2)CCN1C(=O)C(=O)Nc1ccc2[nH]c(=O)oc2c1. The lowest BCUT2D eigenvalue weighted by atomic mass is 10.1. The maximum atomic E-state index is 13.5. The van der Waals surface area contributed by atoms with Gasteiger partial charge in [-0.25, -0.2) is 13.6 Å². The number of benzene rings is 2. The summed E-state index contributed by atoms with van der Waals surface area (Å²) in [5.74, 6) is -3.52. The Kier molecular flexibility index (Phi) is 4.98. The molecule has 10 heteroatoms. The van der Waals surface area contributed by atoms with Gasteiger partial charge in [-0.15, -0.1) is 0 Å². The van der Waals surface area contributed by atoms with E-state index in [4.69, 9.17) is 4.42 Å². The molecule has 2 heterocycles. The van der Waals surface area contributed by atoms with E-state index in [1.54, 1.807) is 24.0 Å². The Hall–Kier alpha value is -3.69. The molecule has 0 radical (unpaired) electrons. The van der Waals surface area contributed by atoms with Crippen molar-refractivity contribution in [3.05, 3.63) is 58.6 Å². The zero-order valence-electron chi connectivity index (χ0n) is 15.9. The molecule has 4 rings (SSSR count). The van der Waals surface area contributed by atoms with Crippen LogP contribution in [-0.2, 0) is 9.59 Å². The van der Waals surface area contributed by atoms with Gasteiger partial charge in [0.05, 0.1) is 5.52 Å². The summed E-state index contributed by atoms with van der Waals surface area (Å²) in [6, 6.07) is 7.45. The number of aromatic amines is 1. The lowest BCUT2D eigenvalue weighted by Crippen LogP contribution is -2.56. The highest BCUT2D eigenvalue weighted by atomic mass is 19.1. The molecule has 0 saturated carbocycles. The molecule has 1 aliphatic rings. The third-order valence-electron chi connectivity index (χ3n) is 4.97. The summed E-state index contributed by atoms with van der Waals surface area (Å²) < 4.78 is 31.9. The number of H-pyrrole nitrogens is 1. The second kappa shape index (κ2) is 7.62. The predicted octanol–water partition coefficient (Wildman–Crippen LogP) is 2.08. The Labute approximate surface area is 169 Å². The summed E-state index contributed by atoms with van der Waals surface area (Å²) in [5, 5.41) is 2.50. The van der Waals surface area contributed by atoms with Crippen LogP contribution in [0, 0.1) is 11.6 Å². The monoisotopic (exact) mass is 416 g/mol. The van der Waals surface area contributed by atoms with E-state index in [1.807, 2.05) is 0 Å². The van der Waals surface area contributed by atoms with Crippen LogP contribution in [0.4, 0.5) is 20.2 Å². The first kappa shape index (κ1) is 19.6. The first-order valence-corrected chi connectivity index (χ1v) is 9.26. The number of anilines is 2. The number of amides is 2. The molecule has 1 saturated heterocycles. The van der Waals surface area contributed by atoms with Crippen molar-refractivity contribution in [1.82, 2.24) is 9.88 Å². The van der Waals surface area contributed by atoms with Crippen LogP contribution >= 0.6 is 0 Å². The van der Waals surface area contributed by atoms with E-state index in [2.05, 4.69) is 10.3 Å². The minimum atomic E-state index is -0.829. The first-order chi connectivity index (χ1) is 14.3. The number of aromatic nitrogens is 1. The largest absolute Gasteiger partial charge is 0.417 e. The zero-order valence-corrected chi connectivity index (χ0v) is 15.9. The molecule has 0 aliphatic carbocycles. The number of carbonyl (C=O) groups is 2. The van der Waals surface area contributed by atoms with Gasteiger partial charge in [0.2, 0.25) is 0 Å². The molecule has 156 valence electrons. The third kappa shape index (κ3) is 3.88. The Balaban J connectivity index is 1.42. The molecule has 1 atom stereocenters. The van der Waals surface area contributed by atoms with Crippen LogP contribution < -0.4 is 16.0 Å². The first-order valence-electron chi connectivity index (χ1n) is 9.26. The van der Waals surface area contributed by atoms with Gasteiger partial charge in [0.25, 0.3) is 0 Å². The Morgan fingerprint density at radius 3 is 2.57 bits per heavy atom. The molecular formula is C20H18F2N4O4. The van der Waals surface area contributed by atoms with Crippen LogP contribution in [0.1, 0.15) is 6.92 Å². The van der Waals surface area contributed by atoms with Crippen molar-refractivity contribution in [3.63, 3.8) is 0 Å². The Morgan fingerprint density at radius 2 is 1.87 bits per heavy atom. The molecule has 30 heavy (non-hydrogen) atoms. The number of fused-ring (bicyclic) bond motifs is 1. The van der Waals surface area contributed by atoms with Gasteiger partial charge in [0.15, 0.2) is 5.58 Å². The maximum Gasteiger partial charge on any atom is 0.417 e. The summed E-state index contributed by atoms with van der Waals surface area (Å²) in [4.78, 5) is 41.9. The molecule has 0 unspecified atom stereocenters. The van der Waals surface area contributed by atoms with Gasteiger partial charge in [-0.3, -0.25) is 14.6 Å². The van der Waals surface area contributed by atoms with Crippen molar-refractivity contribution in [2.24, 2.45) is 0 Å². The van der Waals surface area contributed by atoms with E-state index in [0.717, 1.165) is 6.07 Å². The molecule has 1 fully saturated rings. The van der Waals surface area contributed by atoms with E-state index < -0.39 is 29.2 Å². The van der Waals surface area contributed by atoms with Crippen molar-refractivity contribution in [2.45, 2.75) is 13.0 Å². The van der Waals surface area contributed by atoms with Gasteiger partial charge < -0.3 is 19.5 Å². The predicted molar refractivity (Wildman–Crippen MR) is 105 cm³/mol. The minimum absolute atomic E-state index is 0.220. The number of carbonyl (C=O) groups excluding carboxylic acids is 2. The van der Waals surface area contributed by atoms with Gasteiger partial charge in [-0.2, -0.15) is 0 Å². The number of oxazole rings is 1. The zero-order chi connectivity index (χ0) is 21.4. The van der Waals surface area contributed by atoms with Gasteiger partial charge in [0, 0.05) is 49.2 Å². The van der Waals surface area contributed by atoms with Crippen LogP contribution in [0.5, 0.6) is 0 Å². The van der Waals surface area contributed by atoms with Gasteiger partial charge >= 0.3 is 17.6 Å². The fraction of sp³-hybridized carbons (Fsp3) is 0.250. The van der Waals surface area contributed by atoms with Crippen LogP contribution in [0.2, 0.25) is 0 Å². The number of halogens is 2. The molecular weight excluding hydrogens is 398 g/mol. The van der Waals surface area contributed by atoms with Crippen molar-refractivity contribution in [3.8, 4) is 0 Å². The van der Waals surface area contributed by atoms with Crippen molar-refractivity contribution in [2.75, 3.05) is 29.9 Å². The van der Waals surface area contributed by atoms with E-state index in [-0.39, 0.29) is 18.2 Å². The fourth-order valence-electron chi connectivity index (χ4n) is 3.55. The molecule has 1 aliphatic heterocycles. The quantitative estimate of drug-likeness (QED) is 0.624. The highest BCUT2D eigenvalue weighted by Crippen LogP contribution is 2.22. The Morgan fingerprint density at radius 1 is 1.13 bits per heavy atom. The third-order valence-corrected chi connectivity index (χ3v) is 4.97. The van der Waals surface area contributed by atoms with E-state index in [9.17, 15) is 23.2 Å². The van der Waals surface area contributed by atoms with Gasteiger partial charge in [-0.1, -0.05) is 0 Å². The summed E-state index contributed by atoms with van der Waals surface area (Å²) >= 11 is 0. The molecule has 8 nitrogen and oxygen atoms in total. The molecule has 0 spiro atoms. The average Bonchev–Trinajstić information content (AvgIpc) is 3.06. The smallest absolute Gasteiger partial charge is 0.408 e. The van der Waals surface area contributed by atoms with E-state index >= 15 is 0 Å². The van der Waals surface area contributed by atoms with Crippen LogP contribution in [0.3, 0.4) is 0 Å². The highest BCUT2D eigenvalue weighted by molar-refractivity contribution is 6.39. The van der Waals surface area contributed by atoms with E-state index in [1.165, 1.54) is 23.1 Å². The normalized spacial score (nSPS) is 16.7. The summed E-state index contributed by atoms with van der Waals surface area (Å²) in [6.45, 7) is 2.62. The second-order valence-corrected chi connectivity index (χ2v) is 7.10. The van der Waals surface area contributed by atoms with Crippen molar-refractivity contribution >= 4 is 34.3 Å². The number of nitrogens with zero attached hydrogens (tertiary/aromatic N) is 2. The highest BCUT2D eigenvalue weighted by Gasteiger charge is 2.31. The van der Waals surface area contributed by atoms with Crippen LogP contribution in [-0.4, -0.2) is 47.4 Å². The van der Waals surface area contributed by atoms with E-state index in [0.29, 0.717) is 30.0 Å². The van der Waals surface area contributed by atoms with Crippen molar-refractivity contribution < 1.29 is 22.8 Å². The lowest BCUT2D eigenvalue weighted by Gasteiger charge is -2.40. The number of rotatable bonds is 2. The summed E-state index contributed by atoms with van der Waals surface area (Å²) in [6.07, 6.45) is 0. The number of hydrogen-bond donors (Lipinski definition) is 2. The topological polar surface area (TPSA) is 98.6 Å². The van der Waals surface area contributed by atoms with Crippen LogP contribution in [0.15, 0.2) is 45.6 Å². The molecule has 0 bridgehead atoms. The second-order valence-electron chi connectivity index (χ2n) is 7.10. The Bertz CT molecular complexity index is 1170. The van der Waals surface area contributed by atoms with Crippen LogP contribution in [0.25, 0.3) is 11.1 Å². The fourth-order valence-corrected chi connectivity index (χ4v) is 3.55. The molecule has 3 aromatic rings. The molecule has 2 aromatic carbocycles. The van der Waals surface area contributed by atoms with Crippen molar-refractivity contribution in [1.29, 1.82) is 0 Å². The average molecular weight is 416 g/mol. The maximum absolute atomic E-state index is 13.5. The lowest BCUT2D eigenvalue weighted by molar-refractivity contribution is -0.144. The minimum Gasteiger partial charge on any atom is -0.408 e. The summed E-state index contributed by atoms with van der Waals surface area (Å²) in [7, 11) is 0. The standard InChI is InChI=1S/C20H18F2N4O4/c1-11-10-25(15-7-12(21)6-13(22)8-15)4-5-26(11)19(28)18(27)23-14-2-3-16-17(9-14)30-20(29)24-16/h2-3,6-9,11H,4-5,10H2,1H3,(H,23,27)(H,24,29)/t11-/m1/s1. The molecule has 2 amide bonds. The van der Waals surface area contributed by atoms with Gasteiger partial charge in [0.1, 0.15) is 11.6 Å².